The second-order valence-corrected chi connectivity index (χ2v) is 41.1. The van der Waals surface area contributed by atoms with Gasteiger partial charge in [-0.25, -0.2) is 30.1 Å². The van der Waals surface area contributed by atoms with Crippen molar-refractivity contribution in [2.75, 3.05) is 7.15 Å². The first kappa shape index (κ1) is 70.7. The molecule has 24 rings (SSSR count). The van der Waals surface area contributed by atoms with Crippen molar-refractivity contribution in [2.24, 2.45) is 0 Å². The fourth-order valence-corrected chi connectivity index (χ4v) is 18.4. The van der Waals surface area contributed by atoms with Gasteiger partial charge in [-0.1, -0.05) is 111 Å². The Labute approximate surface area is 673 Å². The molecule has 15 aromatic carbocycles. The molecule has 0 unspecified atom stereocenters. The van der Waals surface area contributed by atoms with Crippen molar-refractivity contribution in [1.29, 1.82) is 0 Å². The second kappa shape index (κ2) is 25.4. The molecular formula is C101H80AlCl3FN3O5. The number of alkyl halides is 1. The molecule has 0 aliphatic heterocycles. The summed E-state index contributed by atoms with van der Waals surface area (Å²) in [6.45, 7) is 29.2. The van der Waals surface area contributed by atoms with Gasteiger partial charge >= 0.3 is 11.4 Å². The molecule has 0 bridgehead atoms. The number of fused-ring (bicyclic) bond motifs is 30. The largest absolute Gasteiger partial charge is 0.643 e. The summed E-state index contributed by atoms with van der Waals surface area (Å²) in [6.07, 6.45) is 0. The van der Waals surface area contributed by atoms with Crippen LogP contribution in [0.5, 0.6) is 11.5 Å². The maximum Gasteiger partial charge on any atom is 0.643 e. The molecule has 0 radical (unpaired) electrons. The first-order valence-electron chi connectivity index (χ1n) is 39.4. The highest BCUT2D eigenvalue weighted by Crippen LogP contribution is 2.49. The van der Waals surface area contributed by atoms with Crippen molar-refractivity contribution in [3.63, 3.8) is 0 Å². The van der Waals surface area contributed by atoms with Crippen LogP contribution in [0.1, 0.15) is 103 Å². The molecule has 560 valence electrons. The van der Waals surface area contributed by atoms with Crippen molar-refractivity contribution in [1.82, 2.24) is 13.2 Å². The fourth-order valence-electron chi connectivity index (χ4n) is 18.4. The van der Waals surface area contributed by atoms with Crippen LogP contribution in [0.15, 0.2) is 232 Å². The van der Waals surface area contributed by atoms with Gasteiger partial charge < -0.3 is 36.7 Å². The number of phenols is 2. The molecule has 0 saturated heterocycles. The average Bonchev–Trinajstić information content (AvgIpc) is 1.54. The van der Waals surface area contributed by atoms with Crippen LogP contribution in [0, 0.1) is 27.7 Å². The van der Waals surface area contributed by atoms with E-state index in [1.807, 2.05) is 18.2 Å². The summed E-state index contributed by atoms with van der Waals surface area (Å²) in [4.78, 5) is 0. The molecule has 0 aliphatic carbocycles. The number of aryl methyl sites for hydroxylation is 4. The van der Waals surface area contributed by atoms with Crippen LogP contribution in [-0.2, 0) is 16.2 Å². The van der Waals surface area contributed by atoms with E-state index in [0.29, 0.717) is 5.58 Å². The normalized spacial score (nSPS) is 12.8. The average molecular weight is 1570 g/mol. The second-order valence-electron chi connectivity index (χ2n) is 34.7. The van der Waals surface area contributed by atoms with Gasteiger partial charge in [-0.05, 0) is 273 Å². The highest BCUT2D eigenvalue weighted by Gasteiger charge is 2.28. The van der Waals surface area contributed by atoms with Crippen molar-refractivity contribution in [3.8, 4) is 11.5 Å². The van der Waals surface area contributed by atoms with Crippen LogP contribution < -0.4 is 0 Å². The molecule has 13 heteroatoms. The number of phenolic OH excluding ortho intramolecular Hbond substituents is 2. The minimum absolute atomic E-state index is 0.00304. The Morgan fingerprint density at radius 1 is 0.281 bits per heavy atom. The molecule has 0 saturated carbocycles. The monoisotopic (exact) mass is 1570 g/mol. The Morgan fingerprint density at radius 2 is 0.509 bits per heavy atom. The summed E-state index contributed by atoms with van der Waals surface area (Å²) < 4.78 is 41.5. The highest BCUT2D eigenvalue weighted by molar-refractivity contribution is 7.54. The molecule has 0 amide bonds. The predicted molar refractivity (Wildman–Crippen MR) is 486 cm³/mol. The van der Waals surface area contributed by atoms with Gasteiger partial charge in [0, 0.05) is 109 Å². The number of hydrogen-bond donors (Lipinski definition) is 2. The van der Waals surface area contributed by atoms with Gasteiger partial charge in [-0.15, -0.1) is 0 Å². The van der Waals surface area contributed by atoms with Gasteiger partial charge in [-0.3, -0.25) is 4.39 Å². The quantitative estimate of drug-likeness (QED) is 0.148. The molecule has 114 heavy (non-hydrogen) atoms. The molecule has 0 fully saturated rings. The molecule has 0 atom stereocenters. The molecule has 24 aromatic rings. The van der Waals surface area contributed by atoms with E-state index in [2.05, 4.69) is 285 Å². The number of aromatic hydroxyl groups is 2. The molecular weight excluding hydrogens is 1490 g/mol. The molecule has 9 heterocycles. The number of furan rings is 3. The number of aromatic nitrogens is 3. The van der Waals surface area contributed by atoms with E-state index in [0.717, 1.165) is 65.9 Å². The Hall–Kier alpha value is -11.2. The summed E-state index contributed by atoms with van der Waals surface area (Å²) in [5.41, 5.74) is 25.6. The summed E-state index contributed by atoms with van der Waals surface area (Å²) in [7, 11) is 13.8. The first-order valence-corrected chi connectivity index (χ1v) is 43.9. The van der Waals surface area contributed by atoms with Crippen LogP contribution in [0.4, 0.5) is 4.39 Å². The van der Waals surface area contributed by atoms with Gasteiger partial charge in [0.05, 0.1) is 58.2 Å². The molecule has 9 aromatic heterocycles. The lowest BCUT2D eigenvalue weighted by Gasteiger charge is -2.19. The fraction of sp³-hybridized carbons (Fsp3) is 0.168. The maximum atomic E-state index is 10.4. The highest BCUT2D eigenvalue weighted by atomic mass is 35.8. The number of halogens is 4. The lowest BCUT2D eigenvalue weighted by atomic mass is 9.85. The van der Waals surface area contributed by atoms with Crippen molar-refractivity contribution >= 4 is 254 Å². The first-order chi connectivity index (χ1) is 54.9. The van der Waals surface area contributed by atoms with Crippen LogP contribution in [0.2, 0.25) is 0 Å². The minimum Gasteiger partial charge on any atom is -0.508 e. The van der Waals surface area contributed by atoms with Gasteiger partial charge in [0.15, 0.2) is 0 Å². The lowest BCUT2D eigenvalue weighted by molar-refractivity contribution is 0.474. The van der Waals surface area contributed by atoms with E-state index in [4.69, 9.17) is 44.8 Å². The molecule has 2 N–H and O–H groups in total. The smallest absolute Gasteiger partial charge is 0.508 e. The van der Waals surface area contributed by atoms with Crippen molar-refractivity contribution in [2.45, 2.75) is 106 Å². The van der Waals surface area contributed by atoms with Crippen molar-refractivity contribution < 1.29 is 29.2 Å². The third-order valence-electron chi connectivity index (χ3n) is 24.0. The van der Waals surface area contributed by atoms with Crippen LogP contribution >= 0.6 is 30.1 Å². The van der Waals surface area contributed by atoms with Crippen LogP contribution in [0.3, 0.4) is 0 Å². The zero-order valence-corrected chi connectivity index (χ0v) is 69.0. The van der Waals surface area contributed by atoms with E-state index in [9.17, 15) is 14.6 Å². The number of benzene rings is 15. The minimum atomic E-state index is -1.72. The third-order valence-corrected chi connectivity index (χ3v) is 24.0. The van der Waals surface area contributed by atoms with Gasteiger partial charge in [0.25, 0.3) is 0 Å². The van der Waals surface area contributed by atoms with Crippen molar-refractivity contribution in [3.05, 3.63) is 257 Å². The molecule has 0 spiro atoms. The van der Waals surface area contributed by atoms with Gasteiger partial charge in [0.2, 0.25) is 0 Å². The number of nitrogens with zero attached hydrogens (tertiary/aromatic N) is 3. The predicted octanol–water partition coefficient (Wildman–Crippen LogP) is 30.5. The lowest BCUT2D eigenvalue weighted by Crippen LogP contribution is -2.10. The van der Waals surface area contributed by atoms with Gasteiger partial charge in [0.1, 0.15) is 45.0 Å². The van der Waals surface area contributed by atoms with Gasteiger partial charge in [-0.2, -0.15) is 0 Å². The van der Waals surface area contributed by atoms with E-state index in [-0.39, 0.29) is 27.7 Å². The number of hydrogen-bond acceptors (Lipinski definition) is 5. The summed E-state index contributed by atoms with van der Waals surface area (Å²) >= 11 is -1.72. The van der Waals surface area contributed by atoms with Crippen LogP contribution in [-0.4, -0.2) is 42.0 Å². The standard InChI is InChI=1S/2C34H27NO.C32H23NO3.CH3F.Al.3ClH/c2*1-18-6-8-23-27-16-22(34(3,4)5)17-28-25-12-20-13-26-24-9-7-19(2)11-31(24)36-32(26)15-21(20)14-30(25)35(33(27)28)29(23)10-18;1-32(2,3)18-12-25-21-6-4-19(34)14-28(21)33-27-10-17-11-29-24(22-7-5-20(35)15-30(22)36-29)9-16(17)8-23(27)26(13-18)31(25)33;1-2;;;;/h2*6-17H,1-5H3;4-15,34-35H,1-3H3;1H3;;3*1H/q;;;;+3;;;/p-3/i;;;1D;;;;. The Morgan fingerprint density at radius 3 is 0.833 bits per heavy atom. The zero-order valence-electron chi connectivity index (χ0n) is 66.5. The molecule has 0 aliphatic rings. The van der Waals surface area contributed by atoms with E-state index >= 15 is 0 Å². The summed E-state index contributed by atoms with van der Waals surface area (Å²) in [5.74, 6) is 0.462. The SMILES string of the molecule is CC(C)(C)c1cc2c3ccc(O)cc3n3c4cc5cc6oc7cc(O)ccc7c6cc5cc4c(c1)c23.Cc1ccc2c(c1)oc1cc3cc4c(cc3cc12)c1cc(C(C)(C)C)cc2c3ccc(C)cc3n4c21.Cc1ccc2c(c1)oc1cc3cc4c(cc3cc12)c1cc(C(C)(C)C)cc2c3ccc(C)cc3n4c21.[2H]CF.[Cl][Al]([Cl])[Cl]. The topological polar surface area (TPSA) is 93.1 Å². The maximum absolute atomic E-state index is 10.4. The zero-order chi connectivity index (χ0) is 79.8. The third kappa shape index (κ3) is 11.1. The van der Waals surface area contributed by atoms with E-state index in [1.165, 1.54) is 180 Å². The summed E-state index contributed by atoms with van der Waals surface area (Å²) in [5, 5.41) is 49.7. The molecule has 8 nitrogen and oxygen atoms in total. The summed E-state index contributed by atoms with van der Waals surface area (Å²) in [6, 6.07) is 79.4. The van der Waals surface area contributed by atoms with Crippen LogP contribution in [0.25, 0.3) is 212 Å². The Bertz CT molecular complexity index is 7480. The van der Waals surface area contributed by atoms with E-state index in [1.54, 1.807) is 18.2 Å². The van der Waals surface area contributed by atoms with E-state index < -0.39 is 18.5 Å². The number of rotatable bonds is 0. The Kier molecular flexibility index (Phi) is 15.7. The Balaban J connectivity index is 0.000000107.